The van der Waals surface area contributed by atoms with Crippen molar-refractivity contribution in [1.82, 2.24) is 10.2 Å². The van der Waals surface area contributed by atoms with Crippen molar-refractivity contribution in [3.05, 3.63) is 48.0 Å². The molecule has 0 aliphatic carbocycles. The molecule has 0 unspecified atom stereocenters. The van der Waals surface area contributed by atoms with Gasteiger partial charge in [0.25, 0.3) is 0 Å². The van der Waals surface area contributed by atoms with Gasteiger partial charge in [-0.2, -0.15) is 0 Å². The van der Waals surface area contributed by atoms with Crippen LogP contribution in [-0.4, -0.2) is 25.7 Å². The Kier molecular flexibility index (Phi) is 3.54. The van der Waals surface area contributed by atoms with Gasteiger partial charge in [-0.1, -0.05) is 42.5 Å². The Hall–Kier alpha value is -1.38. The van der Waals surface area contributed by atoms with Crippen molar-refractivity contribution in [2.75, 3.05) is 20.8 Å². The predicted octanol–water partition coefficient (Wildman–Crippen LogP) is 2.45. The number of fused-ring (bicyclic) bond motifs is 1. The molecule has 0 heterocycles. The van der Waals surface area contributed by atoms with Crippen molar-refractivity contribution in [2.24, 2.45) is 0 Å². The van der Waals surface area contributed by atoms with Crippen LogP contribution in [0.2, 0.25) is 0 Å². The van der Waals surface area contributed by atoms with Gasteiger partial charge in [-0.05, 0) is 30.4 Å². The zero-order valence-electron chi connectivity index (χ0n) is 9.90. The van der Waals surface area contributed by atoms with Crippen LogP contribution in [0.4, 0.5) is 0 Å². The number of hydrogen-bond acceptors (Lipinski definition) is 2. The molecule has 84 valence electrons. The van der Waals surface area contributed by atoms with E-state index in [0.717, 1.165) is 13.2 Å². The van der Waals surface area contributed by atoms with E-state index in [1.54, 1.807) is 0 Å². The monoisotopic (exact) mass is 214 g/mol. The SMILES string of the molecule is CNCN(C)Cc1cccc2ccccc12. The van der Waals surface area contributed by atoms with Gasteiger partial charge in [-0.25, -0.2) is 0 Å². The number of rotatable bonds is 4. The summed E-state index contributed by atoms with van der Waals surface area (Å²) in [6, 6.07) is 15.0. The van der Waals surface area contributed by atoms with Crippen molar-refractivity contribution >= 4 is 10.8 Å². The lowest BCUT2D eigenvalue weighted by Crippen LogP contribution is -2.28. The summed E-state index contributed by atoms with van der Waals surface area (Å²) < 4.78 is 0. The van der Waals surface area contributed by atoms with Gasteiger partial charge >= 0.3 is 0 Å². The Bertz CT molecular complexity index is 460. The molecule has 0 saturated heterocycles. The topological polar surface area (TPSA) is 15.3 Å². The minimum absolute atomic E-state index is 0.906. The third kappa shape index (κ3) is 2.40. The van der Waals surface area contributed by atoms with E-state index >= 15 is 0 Å². The van der Waals surface area contributed by atoms with Crippen LogP contribution in [-0.2, 0) is 6.54 Å². The molecule has 0 aliphatic rings. The molecule has 2 aromatic carbocycles. The highest BCUT2D eigenvalue weighted by molar-refractivity contribution is 5.85. The third-order valence-electron chi connectivity index (χ3n) is 2.75. The lowest BCUT2D eigenvalue weighted by molar-refractivity contribution is 0.311. The van der Waals surface area contributed by atoms with Gasteiger partial charge in [-0.15, -0.1) is 0 Å². The summed E-state index contributed by atoms with van der Waals surface area (Å²) >= 11 is 0. The quantitative estimate of drug-likeness (QED) is 0.786. The van der Waals surface area contributed by atoms with Crippen LogP contribution in [0.25, 0.3) is 10.8 Å². The molecular formula is C14H18N2. The fourth-order valence-corrected chi connectivity index (χ4v) is 2.05. The molecule has 0 atom stereocenters. The van der Waals surface area contributed by atoms with E-state index in [4.69, 9.17) is 0 Å². The molecule has 2 aromatic rings. The summed E-state index contributed by atoms with van der Waals surface area (Å²) in [5.41, 5.74) is 1.39. The Morgan fingerprint density at radius 3 is 2.62 bits per heavy atom. The molecule has 0 fully saturated rings. The van der Waals surface area contributed by atoms with Crippen molar-refractivity contribution in [1.29, 1.82) is 0 Å². The van der Waals surface area contributed by atoms with Crippen LogP contribution in [0, 0.1) is 0 Å². The number of nitrogens with zero attached hydrogens (tertiary/aromatic N) is 1. The van der Waals surface area contributed by atoms with Crippen molar-refractivity contribution in [3.63, 3.8) is 0 Å². The maximum atomic E-state index is 3.16. The molecule has 0 radical (unpaired) electrons. The van der Waals surface area contributed by atoms with Gasteiger partial charge in [0, 0.05) is 13.2 Å². The predicted molar refractivity (Wildman–Crippen MR) is 69.3 cm³/mol. The molecule has 2 nitrogen and oxygen atoms in total. The van der Waals surface area contributed by atoms with Crippen molar-refractivity contribution in [2.45, 2.75) is 6.54 Å². The third-order valence-corrected chi connectivity index (χ3v) is 2.75. The molecule has 0 aliphatic heterocycles. The summed E-state index contributed by atoms with van der Waals surface area (Å²) in [7, 11) is 4.10. The maximum Gasteiger partial charge on any atom is 0.0478 e. The Morgan fingerprint density at radius 2 is 1.81 bits per heavy atom. The normalized spacial score (nSPS) is 11.2. The molecule has 2 heteroatoms. The largest absolute Gasteiger partial charge is 0.307 e. The molecular weight excluding hydrogens is 196 g/mol. The van der Waals surface area contributed by atoms with Gasteiger partial charge in [-0.3, -0.25) is 4.90 Å². The van der Waals surface area contributed by atoms with Crippen LogP contribution < -0.4 is 5.32 Å². The van der Waals surface area contributed by atoms with E-state index in [9.17, 15) is 0 Å². The molecule has 0 saturated carbocycles. The zero-order chi connectivity index (χ0) is 11.4. The van der Waals surface area contributed by atoms with E-state index in [1.165, 1.54) is 16.3 Å². The minimum atomic E-state index is 0.906. The van der Waals surface area contributed by atoms with E-state index in [0.29, 0.717) is 0 Å². The molecule has 16 heavy (non-hydrogen) atoms. The van der Waals surface area contributed by atoms with E-state index < -0.39 is 0 Å². The summed E-state index contributed by atoms with van der Waals surface area (Å²) in [4.78, 5) is 2.27. The zero-order valence-corrected chi connectivity index (χ0v) is 9.90. The lowest BCUT2D eigenvalue weighted by Gasteiger charge is -2.17. The summed E-state index contributed by atoms with van der Waals surface area (Å²) in [5.74, 6) is 0. The molecule has 0 amide bonds. The Morgan fingerprint density at radius 1 is 1.06 bits per heavy atom. The molecule has 0 aromatic heterocycles. The Labute approximate surface area is 96.9 Å². The van der Waals surface area contributed by atoms with E-state index in [2.05, 4.69) is 59.7 Å². The first-order chi connectivity index (χ1) is 7.81. The first-order valence-electron chi connectivity index (χ1n) is 5.61. The first kappa shape index (κ1) is 11.1. The number of nitrogens with one attached hydrogen (secondary N) is 1. The average Bonchev–Trinajstić information content (AvgIpc) is 2.30. The van der Waals surface area contributed by atoms with Crippen LogP contribution in [0.3, 0.4) is 0 Å². The average molecular weight is 214 g/mol. The smallest absolute Gasteiger partial charge is 0.0478 e. The van der Waals surface area contributed by atoms with Crippen LogP contribution in [0.5, 0.6) is 0 Å². The minimum Gasteiger partial charge on any atom is -0.307 e. The van der Waals surface area contributed by atoms with Gasteiger partial charge < -0.3 is 5.32 Å². The molecule has 1 N–H and O–H groups in total. The van der Waals surface area contributed by atoms with Gasteiger partial charge in [0.2, 0.25) is 0 Å². The standard InChI is InChI=1S/C14H18N2/c1-15-11-16(2)10-13-8-5-7-12-6-3-4-9-14(12)13/h3-9,15H,10-11H2,1-2H3. The van der Waals surface area contributed by atoms with Crippen LogP contribution >= 0.6 is 0 Å². The first-order valence-corrected chi connectivity index (χ1v) is 5.61. The van der Waals surface area contributed by atoms with Gasteiger partial charge in [0.15, 0.2) is 0 Å². The van der Waals surface area contributed by atoms with Crippen LogP contribution in [0.15, 0.2) is 42.5 Å². The summed E-state index contributed by atoms with van der Waals surface area (Å²) in [6.07, 6.45) is 0. The highest BCUT2D eigenvalue weighted by atomic mass is 15.2. The maximum absolute atomic E-state index is 3.16. The second-order valence-electron chi connectivity index (χ2n) is 4.16. The number of hydrogen-bond donors (Lipinski definition) is 1. The highest BCUT2D eigenvalue weighted by Crippen LogP contribution is 2.19. The van der Waals surface area contributed by atoms with Crippen molar-refractivity contribution in [3.8, 4) is 0 Å². The second-order valence-corrected chi connectivity index (χ2v) is 4.16. The van der Waals surface area contributed by atoms with Gasteiger partial charge in [0.05, 0.1) is 0 Å². The Balaban J connectivity index is 2.30. The fraction of sp³-hybridized carbons (Fsp3) is 0.286. The van der Waals surface area contributed by atoms with Gasteiger partial charge in [0.1, 0.15) is 0 Å². The fourth-order valence-electron chi connectivity index (χ4n) is 2.05. The number of benzene rings is 2. The van der Waals surface area contributed by atoms with Crippen molar-refractivity contribution < 1.29 is 0 Å². The summed E-state index contributed by atoms with van der Waals surface area (Å²) in [5, 5.41) is 5.83. The molecule has 0 bridgehead atoms. The van der Waals surface area contributed by atoms with E-state index in [-0.39, 0.29) is 0 Å². The summed E-state index contributed by atoms with van der Waals surface area (Å²) in [6.45, 7) is 1.88. The molecule has 0 spiro atoms. The molecule has 2 rings (SSSR count). The van der Waals surface area contributed by atoms with Crippen LogP contribution in [0.1, 0.15) is 5.56 Å². The lowest BCUT2D eigenvalue weighted by atomic mass is 10.0. The second kappa shape index (κ2) is 5.10. The highest BCUT2D eigenvalue weighted by Gasteiger charge is 2.02. The van der Waals surface area contributed by atoms with E-state index in [1.807, 2.05) is 7.05 Å².